The van der Waals surface area contributed by atoms with Crippen LogP contribution in [-0.4, -0.2) is 32.1 Å². The molecule has 4 rings (SSSR count). The Morgan fingerprint density at radius 2 is 1.96 bits per heavy atom. The number of rotatable bonds is 6. The fraction of sp³-hybridized carbons (Fsp3) is 0.235. The molecule has 150 valence electrons. The van der Waals surface area contributed by atoms with Crippen molar-refractivity contribution in [2.24, 2.45) is 0 Å². The summed E-state index contributed by atoms with van der Waals surface area (Å²) in [6.07, 6.45) is 1.52. The highest BCUT2D eigenvalue weighted by Crippen LogP contribution is 2.38. The van der Waals surface area contributed by atoms with E-state index in [-0.39, 0.29) is 56.6 Å². The molecule has 0 unspecified atom stereocenters. The van der Waals surface area contributed by atoms with Crippen molar-refractivity contribution in [2.75, 3.05) is 0 Å². The molecular weight excluding hydrogens is 420 g/mol. The van der Waals surface area contributed by atoms with Crippen molar-refractivity contribution in [3.8, 4) is 5.75 Å². The average Bonchev–Trinajstić information content (AvgIpc) is 3.30. The summed E-state index contributed by atoms with van der Waals surface area (Å²) >= 11 is 0. The molecule has 0 atom stereocenters. The lowest BCUT2D eigenvalue weighted by Crippen LogP contribution is -2.25. The first-order valence-electron chi connectivity index (χ1n) is 7.96. The van der Waals surface area contributed by atoms with Gasteiger partial charge in [0, 0.05) is 16.8 Å². The number of nitrogens with one attached hydrogen (secondary N) is 1. The Morgan fingerprint density at radius 1 is 1.25 bits per heavy atom. The van der Waals surface area contributed by atoms with Gasteiger partial charge in [-0.05, 0) is 43.2 Å². The molecule has 0 aliphatic heterocycles. The van der Waals surface area contributed by atoms with Crippen LogP contribution in [0.1, 0.15) is 23.2 Å². The minimum Gasteiger partial charge on any atom is -0.478 e. The number of hydrogen-bond donors (Lipinski definition) is 2. The Balaban J connectivity index is 0.00000225. The Hall–Kier alpha value is -2.43. The lowest BCUT2D eigenvalue weighted by Gasteiger charge is -2.06. The number of alkyl halides is 2. The monoisotopic (exact) mass is 433 g/mol. The predicted octanol–water partition coefficient (Wildman–Crippen LogP) is 3.75. The number of furan rings is 1. The van der Waals surface area contributed by atoms with Crippen LogP contribution in [0.4, 0.5) is 8.78 Å². The standard InChI is InChI=1S/C17H13F2NO6S.ClH/c18-17(19)26-13-6-4-10(16(21)22)14-11-7-9(3-5-12(11)25-15(13)14)27(23,24)20-8-1-2-8;/h3-8,17,20H,1-2H2,(H,21,22);1H. The molecule has 0 saturated heterocycles. The first kappa shape index (κ1) is 20.3. The molecule has 0 spiro atoms. The maximum Gasteiger partial charge on any atom is 0.387 e. The van der Waals surface area contributed by atoms with Gasteiger partial charge in [0.05, 0.1) is 10.5 Å². The highest BCUT2D eigenvalue weighted by atomic mass is 35.5. The second-order valence-electron chi connectivity index (χ2n) is 6.15. The molecule has 1 heterocycles. The summed E-state index contributed by atoms with van der Waals surface area (Å²) in [7, 11) is -3.79. The zero-order valence-corrected chi connectivity index (χ0v) is 15.6. The highest BCUT2D eigenvalue weighted by Gasteiger charge is 2.29. The molecular formula is C17H14ClF2NO6S. The lowest BCUT2D eigenvalue weighted by atomic mass is 10.1. The number of aromatic carboxylic acids is 1. The van der Waals surface area contributed by atoms with Crippen molar-refractivity contribution in [2.45, 2.75) is 30.4 Å². The molecule has 2 aromatic carbocycles. The normalized spacial score (nSPS) is 14.4. The molecule has 0 bridgehead atoms. The molecule has 1 fully saturated rings. The third-order valence-corrected chi connectivity index (χ3v) is 5.73. The summed E-state index contributed by atoms with van der Waals surface area (Å²) in [5, 5.41) is 9.61. The van der Waals surface area contributed by atoms with Crippen LogP contribution in [0.5, 0.6) is 5.75 Å². The van der Waals surface area contributed by atoms with Gasteiger partial charge in [0.2, 0.25) is 10.0 Å². The number of sulfonamides is 1. The van der Waals surface area contributed by atoms with E-state index in [1.807, 2.05) is 0 Å². The van der Waals surface area contributed by atoms with Gasteiger partial charge in [0.1, 0.15) is 5.58 Å². The molecule has 3 aromatic rings. The van der Waals surface area contributed by atoms with Gasteiger partial charge in [0.25, 0.3) is 0 Å². The Labute approximate surface area is 163 Å². The predicted molar refractivity (Wildman–Crippen MR) is 97.9 cm³/mol. The largest absolute Gasteiger partial charge is 0.478 e. The van der Waals surface area contributed by atoms with E-state index >= 15 is 0 Å². The van der Waals surface area contributed by atoms with E-state index in [0.29, 0.717) is 0 Å². The zero-order chi connectivity index (χ0) is 19.3. The Kier molecular flexibility index (Phi) is 5.22. The molecule has 0 radical (unpaired) electrons. The fourth-order valence-corrected chi connectivity index (χ4v) is 4.19. The third-order valence-electron chi connectivity index (χ3n) is 4.21. The molecule has 2 N–H and O–H groups in total. The van der Waals surface area contributed by atoms with E-state index in [1.165, 1.54) is 18.2 Å². The number of carbonyl (C=O) groups is 1. The van der Waals surface area contributed by atoms with Gasteiger partial charge in [0.15, 0.2) is 11.3 Å². The van der Waals surface area contributed by atoms with Gasteiger partial charge in [-0.1, -0.05) is 0 Å². The fourth-order valence-electron chi connectivity index (χ4n) is 2.86. The van der Waals surface area contributed by atoms with E-state index in [4.69, 9.17) is 4.42 Å². The van der Waals surface area contributed by atoms with E-state index in [1.54, 1.807) is 0 Å². The van der Waals surface area contributed by atoms with E-state index in [2.05, 4.69) is 9.46 Å². The van der Waals surface area contributed by atoms with Gasteiger partial charge < -0.3 is 14.3 Å². The summed E-state index contributed by atoms with van der Waals surface area (Å²) in [6.45, 7) is -3.13. The smallest absolute Gasteiger partial charge is 0.387 e. The van der Waals surface area contributed by atoms with Crippen LogP contribution in [0.25, 0.3) is 21.9 Å². The topological polar surface area (TPSA) is 106 Å². The van der Waals surface area contributed by atoms with Crippen molar-refractivity contribution in [1.82, 2.24) is 4.72 Å². The number of hydrogen-bond acceptors (Lipinski definition) is 5. The minimum absolute atomic E-state index is 0. The van der Waals surface area contributed by atoms with Crippen LogP contribution >= 0.6 is 12.4 Å². The molecule has 7 nitrogen and oxygen atoms in total. The Bertz CT molecular complexity index is 1170. The molecule has 28 heavy (non-hydrogen) atoms. The number of ether oxygens (including phenoxy) is 1. The SMILES string of the molecule is Cl.O=C(O)c1ccc(OC(F)F)c2oc3ccc(S(=O)(=O)NC4CC4)cc3c12. The molecule has 0 amide bonds. The maximum absolute atomic E-state index is 12.6. The molecule has 11 heteroatoms. The van der Waals surface area contributed by atoms with Gasteiger partial charge in [-0.15, -0.1) is 12.4 Å². The first-order valence-corrected chi connectivity index (χ1v) is 9.44. The quantitative estimate of drug-likeness (QED) is 0.613. The number of fused-ring (bicyclic) bond motifs is 3. The van der Waals surface area contributed by atoms with Crippen LogP contribution in [0.2, 0.25) is 0 Å². The highest BCUT2D eigenvalue weighted by molar-refractivity contribution is 7.89. The van der Waals surface area contributed by atoms with Crippen molar-refractivity contribution >= 4 is 50.3 Å². The summed E-state index contributed by atoms with van der Waals surface area (Å²) < 4.78 is 62.6. The summed E-state index contributed by atoms with van der Waals surface area (Å²) in [4.78, 5) is 11.5. The third kappa shape index (κ3) is 3.62. The second kappa shape index (κ2) is 7.19. The summed E-state index contributed by atoms with van der Waals surface area (Å²) in [6, 6.07) is 6.02. The molecule has 1 aliphatic rings. The average molecular weight is 434 g/mol. The second-order valence-corrected chi connectivity index (χ2v) is 7.87. The van der Waals surface area contributed by atoms with Crippen LogP contribution in [0.15, 0.2) is 39.6 Å². The van der Waals surface area contributed by atoms with Crippen molar-refractivity contribution in [1.29, 1.82) is 0 Å². The van der Waals surface area contributed by atoms with Crippen LogP contribution < -0.4 is 9.46 Å². The number of halogens is 3. The van der Waals surface area contributed by atoms with Gasteiger partial charge >= 0.3 is 12.6 Å². The zero-order valence-electron chi connectivity index (χ0n) is 14.0. The maximum atomic E-state index is 12.6. The molecule has 1 saturated carbocycles. The van der Waals surface area contributed by atoms with Crippen LogP contribution in [0.3, 0.4) is 0 Å². The van der Waals surface area contributed by atoms with E-state index < -0.39 is 22.6 Å². The summed E-state index contributed by atoms with van der Waals surface area (Å²) in [5.74, 6) is -1.64. The molecule has 1 aromatic heterocycles. The van der Waals surface area contributed by atoms with E-state index in [0.717, 1.165) is 25.0 Å². The van der Waals surface area contributed by atoms with Crippen molar-refractivity contribution in [3.05, 3.63) is 35.9 Å². The van der Waals surface area contributed by atoms with Crippen molar-refractivity contribution in [3.63, 3.8) is 0 Å². The van der Waals surface area contributed by atoms with Gasteiger partial charge in [-0.2, -0.15) is 8.78 Å². The number of carboxylic acids is 1. The van der Waals surface area contributed by atoms with Crippen LogP contribution in [-0.2, 0) is 10.0 Å². The van der Waals surface area contributed by atoms with Gasteiger partial charge in [-0.25, -0.2) is 17.9 Å². The van der Waals surface area contributed by atoms with Crippen molar-refractivity contribution < 1.29 is 36.3 Å². The van der Waals surface area contributed by atoms with E-state index in [9.17, 15) is 27.1 Å². The lowest BCUT2D eigenvalue weighted by molar-refractivity contribution is -0.0493. The van der Waals surface area contributed by atoms with Gasteiger partial charge in [-0.3, -0.25) is 0 Å². The summed E-state index contributed by atoms with van der Waals surface area (Å²) in [5.41, 5.74) is -0.242. The number of benzene rings is 2. The van der Waals surface area contributed by atoms with Crippen LogP contribution in [0, 0.1) is 0 Å². The Morgan fingerprint density at radius 3 is 2.57 bits per heavy atom. The first-order chi connectivity index (χ1) is 12.8. The minimum atomic E-state index is -3.79. The molecule has 1 aliphatic carbocycles. The number of carboxylic acid groups (broad SMARTS) is 1.